The minimum absolute atomic E-state index is 0.212. The van der Waals surface area contributed by atoms with Gasteiger partial charge in [0.15, 0.2) is 5.58 Å². The third-order valence-electron chi connectivity index (χ3n) is 6.99. The van der Waals surface area contributed by atoms with Crippen molar-refractivity contribution in [1.29, 1.82) is 0 Å². The third-order valence-corrected chi connectivity index (χ3v) is 6.99. The summed E-state index contributed by atoms with van der Waals surface area (Å²) in [6.45, 7) is 8.14. The second kappa shape index (κ2) is 9.92. The molecule has 0 bridgehead atoms. The Kier molecular flexibility index (Phi) is 6.55. The summed E-state index contributed by atoms with van der Waals surface area (Å²) >= 11 is 0. The van der Waals surface area contributed by atoms with E-state index < -0.39 is 5.76 Å². The van der Waals surface area contributed by atoms with E-state index in [0.717, 1.165) is 38.4 Å². The maximum absolute atomic E-state index is 12.8. The Bertz CT molecular complexity index is 1380. The predicted octanol–water partition coefficient (Wildman–Crippen LogP) is 5.27. The van der Waals surface area contributed by atoms with Crippen molar-refractivity contribution in [2.24, 2.45) is 5.92 Å². The number of benzene rings is 3. The van der Waals surface area contributed by atoms with Crippen LogP contribution in [0.1, 0.15) is 30.6 Å². The van der Waals surface area contributed by atoms with Crippen LogP contribution in [0.3, 0.4) is 0 Å². The minimum atomic E-state index is -0.602. The molecule has 1 aliphatic heterocycles. The van der Waals surface area contributed by atoms with E-state index in [9.17, 15) is 9.59 Å². The number of piperazine rings is 1. The fourth-order valence-corrected chi connectivity index (χ4v) is 4.76. The average molecular weight is 470 g/mol. The lowest BCUT2D eigenvalue weighted by Gasteiger charge is -2.36. The molecule has 2 heterocycles. The van der Waals surface area contributed by atoms with Crippen LogP contribution in [-0.2, 0) is 6.54 Å². The number of carbonyl (C=O) groups is 1. The molecule has 0 radical (unpaired) electrons. The number of nitrogens with zero attached hydrogens (tertiary/aromatic N) is 3. The van der Waals surface area contributed by atoms with Crippen molar-refractivity contribution in [3.05, 3.63) is 88.9 Å². The Hall–Kier alpha value is -3.64. The van der Waals surface area contributed by atoms with Crippen LogP contribution in [-0.4, -0.2) is 41.6 Å². The zero-order valence-corrected chi connectivity index (χ0v) is 20.3. The Balaban J connectivity index is 1.30. The van der Waals surface area contributed by atoms with E-state index >= 15 is 0 Å². The van der Waals surface area contributed by atoms with E-state index in [1.807, 2.05) is 32.0 Å². The second-order valence-corrected chi connectivity index (χ2v) is 9.31. The van der Waals surface area contributed by atoms with Crippen LogP contribution in [0.15, 0.2) is 82.0 Å². The van der Waals surface area contributed by atoms with Crippen LogP contribution in [0.25, 0.3) is 22.2 Å². The molecular weight excluding hydrogens is 438 g/mol. The topological polar surface area (TPSA) is 58.7 Å². The molecule has 0 aliphatic carbocycles. The summed E-state index contributed by atoms with van der Waals surface area (Å²) in [5.74, 6) is -1.05. The summed E-state index contributed by atoms with van der Waals surface area (Å²) in [4.78, 5) is 30.0. The highest BCUT2D eigenvalue weighted by atomic mass is 16.4. The quantitative estimate of drug-likeness (QED) is 0.385. The summed E-state index contributed by atoms with van der Waals surface area (Å²) in [6, 6.07) is 24.9. The number of rotatable bonds is 6. The third kappa shape index (κ3) is 4.66. The fourth-order valence-electron chi connectivity index (χ4n) is 4.76. The maximum Gasteiger partial charge on any atom is 0.426 e. The molecule has 0 spiro atoms. The average Bonchev–Trinajstić information content (AvgIpc) is 3.24. The maximum atomic E-state index is 12.8. The van der Waals surface area contributed by atoms with Crippen molar-refractivity contribution in [2.75, 3.05) is 31.1 Å². The molecule has 0 saturated carbocycles. The first-order valence-corrected chi connectivity index (χ1v) is 12.4. The van der Waals surface area contributed by atoms with E-state index in [1.54, 1.807) is 6.07 Å². The van der Waals surface area contributed by atoms with E-state index in [-0.39, 0.29) is 11.8 Å². The number of aromatic nitrogens is 1. The smallest absolute Gasteiger partial charge is 0.405 e. The Morgan fingerprint density at radius 2 is 1.63 bits per heavy atom. The van der Waals surface area contributed by atoms with Gasteiger partial charge in [0.25, 0.3) is 0 Å². The molecule has 4 aromatic rings. The van der Waals surface area contributed by atoms with E-state index in [1.165, 1.54) is 21.3 Å². The van der Waals surface area contributed by atoms with Gasteiger partial charge in [-0.2, -0.15) is 0 Å². The summed E-state index contributed by atoms with van der Waals surface area (Å²) in [5, 5.41) is 0. The first kappa shape index (κ1) is 23.1. The van der Waals surface area contributed by atoms with Crippen LogP contribution in [0.5, 0.6) is 0 Å². The standard InChI is InChI=1S/C29H31N3O3/c1-3-21(2)28(33)32-26-14-8-13-25(27(26)35-29(32)34)31-17-15-30(16-18-31)20-22-9-7-12-24(19-22)23-10-5-4-6-11-23/h4-14,19,21H,3,15-18,20H2,1-2H3. The Morgan fingerprint density at radius 1 is 0.914 bits per heavy atom. The van der Waals surface area contributed by atoms with Crippen LogP contribution < -0.4 is 10.7 Å². The molecule has 1 saturated heterocycles. The van der Waals surface area contributed by atoms with Gasteiger partial charge in [0.1, 0.15) is 5.52 Å². The lowest BCUT2D eigenvalue weighted by atomic mass is 10.0. The van der Waals surface area contributed by atoms with Gasteiger partial charge < -0.3 is 9.32 Å². The number of anilines is 1. The first-order valence-electron chi connectivity index (χ1n) is 12.4. The van der Waals surface area contributed by atoms with Crippen molar-refractivity contribution in [1.82, 2.24) is 9.47 Å². The molecule has 1 unspecified atom stereocenters. The summed E-state index contributed by atoms with van der Waals surface area (Å²) in [5.41, 5.74) is 5.69. The Labute approximate surface area is 205 Å². The monoisotopic (exact) mass is 469 g/mol. The number of hydrogen-bond acceptors (Lipinski definition) is 5. The van der Waals surface area contributed by atoms with Crippen molar-refractivity contribution < 1.29 is 9.21 Å². The summed E-state index contributed by atoms with van der Waals surface area (Å²) < 4.78 is 6.81. The van der Waals surface area contributed by atoms with Gasteiger partial charge in [0.05, 0.1) is 5.69 Å². The molecule has 5 rings (SSSR count). The molecule has 1 aromatic heterocycles. The molecular formula is C29H31N3O3. The largest absolute Gasteiger partial charge is 0.426 e. The zero-order chi connectivity index (χ0) is 24.4. The summed E-state index contributed by atoms with van der Waals surface area (Å²) in [6.07, 6.45) is 0.674. The minimum Gasteiger partial charge on any atom is -0.405 e. The van der Waals surface area contributed by atoms with Crippen molar-refractivity contribution in [3.8, 4) is 11.1 Å². The van der Waals surface area contributed by atoms with E-state index in [2.05, 4.69) is 58.3 Å². The zero-order valence-electron chi connectivity index (χ0n) is 20.3. The second-order valence-electron chi connectivity index (χ2n) is 9.31. The molecule has 6 nitrogen and oxygen atoms in total. The number of carbonyl (C=O) groups excluding carboxylic acids is 1. The first-order chi connectivity index (χ1) is 17.0. The van der Waals surface area contributed by atoms with Gasteiger partial charge in [-0.1, -0.05) is 68.4 Å². The van der Waals surface area contributed by atoms with Crippen LogP contribution in [0.2, 0.25) is 0 Å². The highest BCUT2D eigenvalue weighted by Gasteiger charge is 2.25. The van der Waals surface area contributed by atoms with Crippen molar-refractivity contribution in [2.45, 2.75) is 26.8 Å². The SMILES string of the molecule is CCC(C)C(=O)n1c(=O)oc2c(N3CCN(Cc4cccc(-c5ccccc5)c4)CC3)cccc21. The highest BCUT2D eigenvalue weighted by Crippen LogP contribution is 2.28. The normalized spacial score (nSPS) is 15.4. The molecule has 35 heavy (non-hydrogen) atoms. The van der Waals surface area contributed by atoms with Gasteiger partial charge in [-0.3, -0.25) is 9.69 Å². The van der Waals surface area contributed by atoms with Gasteiger partial charge in [-0.15, -0.1) is 0 Å². The predicted molar refractivity (Wildman–Crippen MR) is 140 cm³/mol. The molecule has 1 aliphatic rings. The van der Waals surface area contributed by atoms with E-state index in [0.29, 0.717) is 17.5 Å². The number of hydrogen-bond donors (Lipinski definition) is 0. The molecule has 3 aromatic carbocycles. The van der Waals surface area contributed by atoms with Gasteiger partial charge in [-0.25, -0.2) is 9.36 Å². The lowest BCUT2D eigenvalue weighted by molar-refractivity contribution is 0.0838. The van der Waals surface area contributed by atoms with Gasteiger partial charge in [0, 0.05) is 38.6 Å². The van der Waals surface area contributed by atoms with Gasteiger partial charge in [-0.05, 0) is 41.3 Å². The summed E-state index contributed by atoms with van der Waals surface area (Å²) in [7, 11) is 0. The molecule has 0 amide bonds. The molecule has 180 valence electrons. The van der Waals surface area contributed by atoms with Crippen LogP contribution in [0, 0.1) is 5.92 Å². The van der Waals surface area contributed by atoms with E-state index in [4.69, 9.17) is 4.42 Å². The molecule has 1 fully saturated rings. The number of fused-ring (bicyclic) bond motifs is 1. The van der Waals surface area contributed by atoms with Gasteiger partial charge in [0.2, 0.25) is 5.91 Å². The lowest BCUT2D eigenvalue weighted by Crippen LogP contribution is -2.46. The van der Waals surface area contributed by atoms with Crippen molar-refractivity contribution >= 4 is 22.7 Å². The molecule has 6 heteroatoms. The van der Waals surface area contributed by atoms with Crippen LogP contribution >= 0.6 is 0 Å². The molecule has 0 N–H and O–H groups in total. The number of para-hydroxylation sites is 1. The van der Waals surface area contributed by atoms with Gasteiger partial charge >= 0.3 is 5.76 Å². The van der Waals surface area contributed by atoms with Crippen LogP contribution in [0.4, 0.5) is 5.69 Å². The molecule has 1 atom stereocenters. The highest BCUT2D eigenvalue weighted by molar-refractivity contribution is 5.95. The fraction of sp³-hybridized carbons (Fsp3) is 0.310. The van der Waals surface area contributed by atoms with Crippen molar-refractivity contribution in [3.63, 3.8) is 0 Å². The Morgan fingerprint density at radius 3 is 2.37 bits per heavy atom. The number of oxazole rings is 1.